The van der Waals surface area contributed by atoms with Gasteiger partial charge in [-0.1, -0.05) is 70.1 Å². The number of benzene rings is 1. The van der Waals surface area contributed by atoms with Gasteiger partial charge in [-0.2, -0.15) is 0 Å². The van der Waals surface area contributed by atoms with Crippen LogP contribution in [0.3, 0.4) is 0 Å². The van der Waals surface area contributed by atoms with Crippen LogP contribution < -0.4 is 0 Å². The third-order valence-electron chi connectivity index (χ3n) is 4.47. The molecule has 0 saturated heterocycles. The van der Waals surface area contributed by atoms with Gasteiger partial charge >= 0.3 is 0 Å². The molecule has 146 valence electrons. The zero-order chi connectivity index (χ0) is 13.3. The molecule has 2 rings (SSSR count). The van der Waals surface area contributed by atoms with Crippen molar-refractivity contribution in [3.8, 4) is 0 Å². The molecule has 0 unspecified atom stereocenters. The number of hydrogen-bond acceptors (Lipinski definition) is 1. The topological polar surface area (TPSA) is 0 Å². The van der Waals surface area contributed by atoms with E-state index in [2.05, 4.69) is 37.3 Å². The van der Waals surface area contributed by atoms with Crippen LogP contribution >= 0.6 is 11.8 Å². The molecule has 0 atom stereocenters. The highest BCUT2D eigenvalue weighted by molar-refractivity contribution is 7.99. The monoisotopic (exact) mass is 376 g/mol. The largest absolute Gasteiger partial charge is 0.269 e. The lowest BCUT2D eigenvalue weighted by Crippen LogP contribution is -2.15. The molecular formula is C18H33F5S. The first-order chi connectivity index (χ1) is 9.38. The fourth-order valence-corrected chi connectivity index (χ4v) is 4.20. The molecule has 1 aliphatic rings. The van der Waals surface area contributed by atoms with E-state index in [-0.39, 0.29) is 23.5 Å². The van der Waals surface area contributed by atoms with Crippen LogP contribution in [0.15, 0.2) is 35.2 Å². The second-order valence-electron chi connectivity index (χ2n) is 5.98. The molecule has 0 amide bonds. The molecule has 0 N–H and O–H groups in total. The van der Waals surface area contributed by atoms with Crippen molar-refractivity contribution in [2.45, 2.75) is 63.2 Å². The van der Waals surface area contributed by atoms with Crippen molar-refractivity contribution in [2.24, 2.45) is 11.8 Å². The Morgan fingerprint density at radius 1 is 0.792 bits per heavy atom. The SMILES string of the molecule is CCCCC1CCC(CCSc2ccccc2)CC1.F.F.F.F.F. The van der Waals surface area contributed by atoms with Crippen molar-refractivity contribution in [1.29, 1.82) is 0 Å². The molecular weight excluding hydrogens is 343 g/mol. The van der Waals surface area contributed by atoms with Gasteiger partial charge in [0.15, 0.2) is 0 Å². The Kier molecular flexibility index (Phi) is 24.0. The van der Waals surface area contributed by atoms with Crippen molar-refractivity contribution < 1.29 is 23.5 Å². The van der Waals surface area contributed by atoms with E-state index in [4.69, 9.17) is 0 Å². The summed E-state index contributed by atoms with van der Waals surface area (Å²) in [7, 11) is 0. The van der Waals surface area contributed by atoms with Gasteiger partial charge in [-0.25, -0.2) is 0 Å². The highest BCUT2D eigenvalue weighted by Gasteiger charge is 2.20. The van der Waals surface area contributed by atoms with E-state index in [0.29, 0.717) is 0 Å². The Hall–Kier alpha value is -0.780. The van der Waals surface area contributed by atoms with Gasteiger partial charge in [-0.05, 0) is 36.1 Å². The summed E-state index contributed by atoms with van der Waals surface area (Å²) in [6, 6.07) is 10.8. The summed E-state index contributed by atoms with van der Waals surface area (Å²) in [5.41, 5.74) is 0. The number of halogens is 5. The standard InChI is InChI=1S/C18H28S.5FH/c1-2-3-7-16-10-12-17(13-11-16)14-15-19-18-8-5-4-6-9-18;;;;;/h4-6,8-9,16-17H,2-3,7,10-15H2,1H3;5*1H. The summed E-state index contributed by atoms with van der Waals surface area (Å²) in [4.78, 5) is 1.43. The van der Waals surface area contributed by atoms with Crippen molar-refractivity contribution in [3.05, 3.63) is 30.3 Å². The average Bonchev–Trinajstić information content (AvgIpc) is 2.47. The minimum Gasteiger partial charge on any atom is -0.269 e. The van der Waals surface area contributed by atoms with Crippen LogP contribution in [-0.2, 0) is 0 Å². The van der Waals surface area contributed by atoms with E-state index in [1.807, 2.05) is 11.8 Å². The van der Waals surface area contributed by atoms with Gasteiger partial charge in [0, 0.05) is 4.90 Å². The van der Waals surface area contributed by atoms with Crippen molar-refractivity contribution in [3.63, 3.8) is 0 Å². The highest BCUT2D eigenvalue weighted by Crippen LogP contribution is 2.34. The third-order valence-corrected chi connectivity index (χ3v) is 5.52. The summed E-state index contributed by atoms with van der Waals surface area (Å²) in [6.07, 6.45) is 11.7. The van der Waals surface area contributed by atoms with Gasteiger partial charge in [0.05, 0.1) is 0 Å². The van der Waals surface area contributed by atoms with Crippen LogP contribution in [0.1, 0.15) is 58.3 Å². The first-order valence-corrected chi connectivity index (χ1v) is 9.05. The molecule has 1 aliphatic carbocycles. The number of unbranched alkanes of at least 4 members (excludes halogenated alkanes) is 1. The van der Waals surface area contributed by atoms with Crippen LogP contribution in [0.4, 0.5) is 23.5 Å². The molecule has 1 saturated carbocycles. The lowest BCUT2D eigenvalue weighted by atomic mass is 9.79. The van der Waals surface area contributed by atoms with Crippen LogP contribution in [0.2, 0.25) is 0 Å². The predicted octanol–water partition coefficient (Wildman–Crippen LogP) is 6.93. The van der Waals surface area contributed by atoms with Gasteiger partial charge in [0.25, 0.3) is 0 Å². The zero-order valence-corrected chi connectivity index (χ0v) is 15.2. The Morgan fingerprint density at radius 2 is 1.29 bits per heavy atom. The molecule has 1 aromatic rings. The molecule has 6 heteroatoms. The Bertz CT molecular complexity index is 343. The van der Waals surface area contributed by atoms with E-state index in [1.165, 1.54) is 62.0 Å². The molecule has 0 radical (unpaired) electrons. The first kappa shape index (κ1) is 31.0. The summed E-state index contributed by atoms with van der Waals surface area (Å²) >= 11 is 2.03. The van der Waals surface area contributed by atoms with Gasteiger partial charge in [0.1, 0.15) is 0 Å². The molecule has 0 nitrogen and oxygen atoms in total. The van der Waals surface area contributed by atoms with Gasteiger partial charge in [0.2, 0.25) is 0 Å². The Morgan fingerprint density at radius 3 is 1.79 bits per heavy atom. The summed E-state index contributed by atoms with van der Waals surface area (Å²) in [5, 5.41) is 0. The third kappa shape index (κ3) is 11.7. The molecule has 0 spiro atoms. The summed E-state index contributed by atoms with van der Waals surface area (Å²) < 4.78 is 0. The molecule has 1 aromatic carbocycles. The molecule has 24 heavy (non-hydrogen) atoms. The number of thioether (sulfide) groups is 1. The Labute approximate surface area is 147 Å². The molecule has 1 fully saturated rings. The second-order valence-corrected chi connectivity index (χ2v) is 7.15. The zero-order valence-electron chi connectivity index (χ0n) is 14.4. The van der Waals surface area contributed by atoms with E-state index in [9.17, 15) is 0 Å². The Balaban J connectivity index is -0.000000400. The summed E-state index contributed by atoms with van der Waals surface area (Å²) in [5.74, 6) is 3.36. The van der Waals surface area contributed by atoms with E-state index in [0.717, 1.165) is 11.8 Å². The highest BCUT2D eigenvalue weighted by atomic mass is 32.2. The van der Waals surface area contributed by atoms with Crippen LogP contribution in [0.5, 0.6) is 0 Å². The maximum Gasteiger partial charge on any atom is 0.00719 e. The maximum absolute atomic E-state index is 2.31. The van der Waals surface area contributed by atoms with Crippen molar-refractivity contribution >= 4 is 11.8 Å². The maximum atomic E-state index is 2.31. The van der Waals surface area contributed by atoms with E-state index < -0.39 is 0 Å². The predicted molar refractivity (Wildman–Crippen MR) is 99.3 cm³/mol. The fourth-order valence-electron chi connectivity index (χ4n) is 3.16. The van der Waals surface area contributed by atoms with Crippen LogP contribution in [0.25, 0.3) is 0 Å². The van der Waals surface area contributed by atoms with Gasteiger partial charge in [-0.3, -0.25) is 23.5 Å². The second kappa shape index (κ2) is 18.6. The minimum atomic E-state index is 0. The molecule has 0 heterocycles. The van der Waals surface area contributed by atoms with E-state index in [1.54, 1.807) is 0 Å². The molecule has 0 bridgehead atoms. The number of hydrogen-bond donors (Lipinski definition) is 0. The molecule has 0 aliphatic heterocycles. The van der Waals surface area contributed by atoms with E-state index >= 15 is 0 Å². The van der Waals surface area contributed by atoms with Crippen LogP contribution in [0, 0.1) is 11.8 Å². The fraction of sp³-hybridized carbons (Fsp3) is 0.667. The summed E-state index contributed by atoms with van der Waals surface area (Å²) in [6.45, 7) is 2.31. The smallest absolute Gasteiger partial charge is 0.00719 e. The lowest BCUT2D eigenvalue weighted by Gasteiger charge is -2.28. The van der Waals surface area contributed by atoms with Gasteiger partial charge < -0.3 is 0 Å². The van der Waals surface area contributed by atoms with Crippen molar-refractivity contribution in [2.75, 3.05) is 5.75 Å². The van der Waals surface area contributed by atoms with Crippen LogP contribution in [-0.4, -0.2) is 5.75 Å². The lowest BCUT2D eigenvalue weighted by molar-refractivity contribution is 0.256. The minimum absolute atomic E-state index is 0. The van der Waals surface area contributed by atoms with Gasteiger partial charge in [-0.15, -0.1) is 11.8 Å². The van der Waals surface area contributed by atoms with Crippen molar-refractivity contribution in [1.82, 2.24) is 0 Å². The number of rotatable bonds is 7. The average molecular weight is 377 g/mol. The molecule has 0 aromatic heterocycles. The normalized spacial score (nSPS) is 18.5. The quantitative estimate of drug-likeness (QED) is 0.367. The first-order valence-electron chi connectivity index (χ1n) is 8.06.